The van der Waals surface area contributed by atoms with Crippen molar-refractivity contribution in [2.24, 2.45) is 0 Å². The lowest BCUT2D eigenvalue weighted by Gasteiger charge is -2.23. The van der Waals surface area contributed by atoms with Crippen LogP contribution in [0, 0.1) is 6.92 Å². The molecule has 0 aliphatic rings. The predicted octanol–water partition coefficient (Wildman–Crippen LogP) is 4.12. The minimum Gasteiger partial charge on any atom is -0.354 e. The van der Waals surface area contributed by atoms with Crippen molar-refractivity contribution in [2.45, 2.75) is 12.7 Å². The summed E-state index contributed by atoms with van der Waals surface area (Å²) in [6.07, 6.45) is 1.08. The first-order valence-corrected chi connectivity index (χ1v) is 12.3. The van der Waals surface area contributed by atoms with E-state index in [2.05, 4.69) is 5.32 Å². The molecule has 2 aromatic rings. The highest BCUT2D eigenvalue weighted by atomic mass is 35.5. The van der Waals surface area contributed by atoms with Crippen LogP contribution in [0.15, 0.2) is 42.5 Å². The van der Waals surface area contributed by atoms with E-state index >= 15 is 0 Å². The van der Waals surface area contributed by atoms with Gasteiger partial charge < -0.3 is 5.32 Å². The summed E-state index contributed by atoms with van der Waals surface area (Å²) in [7, 11) is -3.61. The van der Waals surface area contributed by atoms with Gasteiger partial charge in [0.25, 0.3) is 0 Å². The number of rotatable bonds is 9. The SMILES string of the molecule is Cc1cc(Cl)ccc1N(CC(=O)NCCSCc1ccccc1Cl)S(C)(=O)=O. The maximum atomic E-state index is 12.3. The van der Waals surface area contributed by atoms with Gasteiger partial charge in [-0.1, -0.05) is 41.4 Å². The zero-order chi connectivity index (χ0) is 20.7. The van der Waals surface area contributed by atoms with Crippen molar-refractivity contribution in [1.29, 1.82) is 0 Å². The summed E-state index contributed by atoms with van der Waals surface area (Å²) in [5, 5.41) is 3.99. The lowest BCUT2D eigenvalue weighted by atomic mass is 10.2. The molecule has 0 aromatic heterocycles. The second-order valence-electron chi connectivity index (χ2n) is 6.19. The van der Waals surface area contributed by atoms with Gasteiger partial charge in [-0.25, -0.2) is 8.42 Å². The zero-order valence-electron chi connectivity index (χ0n) is 15.6. The Balaban J connectivity index is 1.88. The van der Waals surface area contributed by atoms with Crippen molar-refractivity contribution < 1.29 is 13.2 Å². The molecule has 0 bridgehead atoms. The molecule has 1 N–H and O–H groups in total. The van der Waals surface area contributed by atoms with Crippen LogP contribution in [0.5, 0.6) is 0 Å². The molecule has 0 aliphatic carbocycles. The zero-order valence-corrected chi connectivity index (χ0v) is 18.8. The van der Waals surface area contributed by atoms with Crippen molar-refractivity contribution in [2.75, 3.05) is 29.4 Å². The van der Waals surface area contributed by atoms with E-state index in [-0.39, 0.29) is 12.5 Å². The summed E-state index contributed by atoms with van der Waals surface area (Å²) in [5.74, 6) is 1.07. The topological polar surface area (TPSA) is 66.5 Å². The third-order valence-electron chi connectivity index (χ3n) is 3.90. The normalized spacial score (nSPS) is 11.3. The molecule has 0 saturated heterocycles. The highest BCUT2D eigenvalue weighted by molar-refractivity contribution is 7.98. The minimum atomic E-state index is -3.61. The molecule has 5 nitrogen and oxygen atoms in total. The van der Waals surface area contributed by atoms with Gasteiger partial charge in [-0.05, 0) is 42.3 Å². The first-order chi connectivity index (χ1) is 13.2. The Bertz CT molecular complexity index is 937. The molecule has 0 saturated carbocycles. The lowest BCUT2D eigenvalue weighted by molar-refractivity contribution is -0.119. The molecule has 2 rings (SSSR count). The van der Waals surface area contributed by atoms with Crippen molar-refractivity contribution >= 4 is 56.6 Å². The van der Waals surface area contributed by atoms with Gasteiger partial charge in [-0.2, -0.15) is 11.8 Å². The van der Waals surface area contributed by atoms with E-state index in [1.165, 1.54) is 0 Å². The van der Waals surface area contributed by atoms with Crippen LogP contribution in [-0.4, -0.2) is 39.4 Å². The molecular weight excluding hydrogens is 439 g/mol. The van der Waals surface area contributed by atoms with Crippen LogP contribution in [0.1, 0.15) is 11.1 Å². The van der Waals surface area contributed by atoms with E-state index in [1.807, 2.05) is 24.3 Å². The quantitative estimate of drug-likeness (QED) is 0.571. The lowest BCUT2D eigenvalue weighted by Crippen LogP contribution is -2.41. The van der Waals surface area contributed by atoms with Crippen molar-refractivity contribution in [1.82, 2.24) is 5.32 Å². The largest absolute Gasteiger partial charge is 0.354 e. The number of hydrogen-bond donors (Lipinski definition) is 1. The number of carbonyl (C=O) groups excluding carboxylic acids is 1. The average molecular weight is 461 g/mol. The standard InChI is InChI=1S/C19H22Cl2N2O3S2/c1-14-11-16(20)7-8-18(14)23(28(2,25)26)12-19(24)22-9-10-27-13-15-5-3-4-6-17(15)21/h3-8,11H,9-10,12-13H2,1-2H3,(H,22,24). The number of amides is 1. The maximum Gasteiger partial charge on any atom is 0.240 e. The molecule has 1 amide bonds. The summed E-state index contributed by atoms with van der Waals surface area (Å²) in [4.78, 5) is 12.3. The van der Waals surface area contributed by atoms with Gasteiger partial charge in [0.2, 0.25) is 15.9 Å². The molecular formula is C19H22Cl2N2O3S2. The number of hydrogen-bond acceptors (Lipinski definition) is 4. The summed E-state index contributed by atoms with van der Waals surface area (Å²) in [6.45, 7) is 1.91. The Labute approximate surface area is 180 Å². The number of thioether (sulfide) groups is 1. The van der Waals surface area contributed by atoms with Gasteiger partial charge in [0, 0.05) is 28.1 Å². The predicted molar refractivity (Wildman–Crippen MR) is 119 cm³/mol. The van der Waals surface area contributed by atoms with E-state index in [4.69, 9.17) is 23.2 Å². The monoisotopic (exact) mass is 460 g/mol. The molecule has 0 spiro atoms. The van der Waals surface area contributed by atoms with E-state index < -0.39 is 10.0 Å². The molecule has 0 heterocycles. The van der Waals surface area contributed by atoms with Crippen LogP contribution in [0.25, 0.3) is 0 Å². The second kappa shape index (κ2) is 10.4. The van der Waals surface area contributed by atoms with Gasteiger partial charge in [0.15, 0.2) is 0 Å². The summed E-state index contributed by atoms with van der Waals surface area (Å²) >= 11 is 13.7. The number of nitrogens with one attached hydrogen (secondary N) is 1. The van der Waals surface area contributed by atoms with Crippen LogP contribution in [0.4, 0.5) is 5.69 Å². The van der Waals surface area contributed by atoms with Crippen LogP contribution >= 0.6 is 35.0 Å². The molecule has 152 valence electrons. The summed E-state index contributed by atoms with van der Waals surface area (Å²) in [5.41, 5.74) is 2.16. The van der Waals surface area contributed by atoms with Crippen molar-refractivity contribution in [3.8, 4) is 0 Å². The maximum absolute atomic E-state index is 12.3. The van der Waals surface area contributed by atoms with Gasteiger partial charge in [-0.15, -0.1) is 0 Å². The van der Waals surface area contributed by atoms with Crippen LogP contribution in [-0.2, 0) is 20.6 Å². The molecule has 0 aliphatic heterocycles. The fourth-order valence-corrected chi connectivity index (χ4v) is 4.81. The van der Waals surface area contributed by atoms with Gasteiger partial charge in [-0.3, -0.25) is 9.10 Å². The average Bonchev–Trinajstić information content (AvgIpc) is 2.60. The Morgan fingerprint density at radius 3 is 2.54 bits per heavy atom. The third-order valence-corrected chi connectivity index (χ3v) is 6.64. The molecule has 0 fully saturated rings. The van der Waals surface area contributed by atoms with Crippen LogP contribution in [0.2, 0.25) is 10.0 Å². The number of benzene rings is 2. The second-order valence-corrected chi connectivity index (χ2v) is 10.1. The van der Waals surface area contributed by atoms with Crippen molar-refractivity contribution in [3.63, 3.8) is 0 Å². The minimum absolute atomic E-state index is 0.281. The number of anilines is 1. The van der Waals surface area contributed by atoms with Gasteiger partial charge in [0.1, 0.15) is 6.54 Å². The van der Waals surface area contributed by atoms with Gasteiger partial charge >= 0.3 is 0 Å². The Morgan fingerprint density at radius 2 is 1.89 bits per heavy atom. The van der Waals surface area contributed by atoms with Gasteiger partial charge in [0.05, 0.1) is 11.9 Å². The molecule has 0 radical (unpaired) electrons. The first kappa shape index (κ1) is 22.9. The Kier molecular flexibility index (Phi) is 8.49. The number of carbonyl (C=O) groups is 1. The molecule has 2 aromatic carbocycles. The Hall–Kier alpha value is -1.41. The summed E-state index contributed by atoms with van der Waals surface area (Å²) in [6, 6.07) is 12.5. The fraction of sp³-hybridized carbons (Fsp3) is 0.316. The summed E-state index contributed by atoms with van der Waals surface area (Å²) < 4.78 is 25.4. The third kappa shape index (κ3) is 6.88. The van der Waals surface area contributed by atoms with E-state index in [1.54, 1.807) is 36.9 Å². The van der Waals surface area contributed by atoms with Crippen LogP contribution in [0.3, 0.4) is 0 Å². The van der Waals surface area contributed by atoms with E-state index in [0.717, 1.165) is 26.9 Å². The highest BCUT2D eigenvalue weighted by Gasteiger charge is 2.22. The molecule has 0 unspecified atom stereocenters. The molecule has 9 heteroatoms. The molecule has 28 heavy (non-hydrogen) atoms. The van der Waals surface area contributed by atoms with E-state index in [9.17, 15) is 13.2 Å². The smallest absolute Gasteiger partial charge is 0.240 e. The number of aryl methyl sites for hydroxylation is 1. The Morgan fingerprint density at radius 1 is 1.18 bits per heavy atom. The number of sulfonamides is 1. The fourth-order valence-electron chi connectivity index (χ4n) is 2.53. The first-order valence-electron chi connectivity index (χ1n) is 8.50. The number of nitrogens with zero attached hydrogens (tertiary/aromatic N) is 1. The van der Waals surface area contributed by atoms with Crippen LogP contribution < -0.4 is 9.62 Å². The van der Waals surface area contributed by atoms with Crippen molar-refractivity contribution in [3.05, 3.63) is 63.6 Å². The molecule has 0 atom stereocenters. The highest BCUT2D eigenvalue weighted by Crippen LogP contribution is 2.25. The number of halogens is 2. The van der Waals surface area contributed by atoms with E-state index in [0.29, 0.717) is 28.6 Å².